The van der Waals surface area contributed by atoms with Gasteiger partial charge in [-0.05, 0) is 49.2 Å². The topological polar surface area (TPSA) is 42.2 Å². The van der Waals surface area contributed by atoms with Crippen LogP contribution in [0, 0.1) is 0 Å². The van der Waals surface area contributed by atoms with Crippen LogP contribution >= 0.6 is 11.3 Å². The molecule has 1 aliphatic rings. The third kappa shape index (κ3) is 3.57. The molecule has 0 N–H and O–H groups in total. The number of aryl methyl sites for hydroxylation is 1. The Morgan fingerprint density at radius 1 is 1.21 bits per heavy atom. The molecule has 4 nitrogen and oxygen atoms in total. The Kier molecular flexibility index (Phi) is 4.71. The van der Waals surface area contributed by atoms with Crippen LogP contribution in [-0.4, -0.2) is 27.6 Å². The predicted octanol–water partition coefficient (Wildman–Crippen LogP) is 4.40. The van der Waals surface area contributed by atoms with Crippen LogP contribution in [0.5, 0.6) is 0 Å². The fourth-order valence-electron chi connectivity index (χ4n) is 3.41. The van der Waals surface area contributed by atoms with Gasteiger partial charge in [0.25, 0.3) is 0 Å². The highest BCUT2D eigenvalue weighted by Gasteiger charge is 2.26. The molecule has 1 fully saturated rings. The van der Waals surface area contributed by atoms with Crippen LogP contribution in [0.2, 0.25) is 0 Å². The fourth-order valence-corrected chi connectivity index (χ4v) is 4.04. The van der Waals surface area contributed by atoms with Gasteiger partial charge in [-0.1, -0.05) is 35.5 Å². The van der Waals surface area contributed by atoms with Crippen LogP contribution in [0.15, 0.2) is 51.7 Å². The minimum Gasteiger partial charge on any atom is -0.338 e. The summed E-state index contributed by atoms with van der Waals surface area (Å²) >= 11 is 1.65. The first-order valence-corrected chi connectivity index (χ1v) is 9.46. The lowest BCUT2D eigenvalue weighted by atomic mass is 10.0. The van der Waals surface area contributed by atoms with Crippen molar-refractivity contribution in [1.29, 1.82) is 0 Å². The zero-order valence-electron chi connectivity index (χ0n) is 13.6. The molecule has 1 saturated heterocycles. The predicted molar refractivity (Wildman–Crippen MR) is 95.8 cm³/mol. The van der Waals surface area contributed by atoms with Crippen molar-refractivity contribution in [2.45, 2.75) is 38.3 Å². The molecule has 0 saturated carbocycles. The van der Waals surface area contributed by atoms with E-state index in [2.05, 4.69) is 45.4 Å². The summed E-state index contributed by atoms with van der Waals surface area (Å²) in [5.74, 6) is 1.43. The van der Waals surface area contributed by atoms with Crippen LogP contribution in [0.1, 0.15) is 30.7 Å². The van der Waals surface area contributed by atoms with Crippen molar-refractivity contribution >= 4 is 11.3 Å². The zero-order valence-corrected chi connectivity index (χ0v) is 14.4. The molecule has 0 unspecified atom stereocenters. The lowest BCUT2D eigenvalue weighted by Crippen LogP contribution is -2.29. The lowest BCUT2D eigenvalue weighted by molar-refractivity contribution is 0.203. The molecule has 0 aliphatic carbocycles. The maximum atomic E-state index is 5.46. The molecular weight excluding hydrogens is 318 g/mol. The Balaban J connectivity index is 1.37. The van der Waals surface area contributed by atoms with E-state index in [1.807, 2.05) is 16.8 Å². The minimum absolute atomic E-state index is 0.613. The maximum Gasteiger partial charge on any atom is 0.241 e. The first-order valence-electron chi connectivity index (χ1n) is 8.51. The first-order chi connectivity index (χ1) is 11.9. The van der Waals surface area contributed by atoms with Crippen molar-refractivity contribution in [3.05, 3.63) is 58.6 Å². The third-order valence-corrected chi connectivity index (χ3v) is 5.38. The van der Waals surface area contributed by atoms with E-state index in [1.165, 1.54) is 24.8 Å². The second-order valence-corrected chi connectivity index (χ2v) is 7.09. The number of aromatic nitrogens is 2. The van der Waals surface area contributed by atoms with Crippen molar-refractivity contribution < 1.29 is 4.52 Å². The summed E-state index contributed by atoms with van der Waals surface area (Å²) in [6, 6.07) is 13.4. The summed E-state index contributed by atoms with van der Waals surface area (Å²) in [4.78, 5) is 7.05. The van der Waals surface area contributed by atoms with Gasteiger partial charge >= 0.3 is 0 Å². The Labute approximate surface area is 146 Å². The smallest absolute Gasteiger partial charge is 0.241 e. The van der Waals surface area contributed by atoms with Gasteiger partial charge in [-0.15, -0.1) is 0 Å². The normalized spacial score (nSPS) is 18.2. The molecule has 0 radical (unpaired) electrons. The quantitative estimate of drug-likeness (QED) is 0.668. The molecule has 24 heavy (non-hydrogen) atoms. The molecule has 0 spiro atoms. The molecular formula is C19H21N3OS. The van der Waals surface area contributed by atoms with Gasteiger partial charge in [-0.25, -0.2) is 0 Å². The van der Waals surface area contributed by atoms with E-state index in [1.54, 1.807) is 11.3 Å². The highest BCUT2D eigenvalue weighted by atomic mass is 32.1. The van der Waals surface area contributed by atoms with Gasteiger partial charge in [0.15, 0.2) is 0 Å². The van der Waals surface area contributed by atoms with Gasteiger partial charge in [-0.3, -0.25) is 4.90 Å². The van der Waals surface area contributed by atoms with Crippen molar-refractivity contribution in [2.75, 3.05) is 6.54 Å². The molecule has 1 aromatic carbocycles. The molecule has 3 heterocycles. The summed E-state index contributed by atoms with van der Waals surface area (Å²) in [6.45, 7) is 1.88. The second kappa shape index (κ2) is 7.28. The van der Waals surface area contributed by atoms with Crippen LogP contribution in [0.3, 0.4) is 0 Å². The number of rotatable bonds is 6. The largest absolute Gasteiger partial charge is 0.338 e. The van der Waals surface area contributed by atoms with E-state index in [9.17, 15) is 0 Å². The summed E-state index contributed by atoms with van der Waals surface area (Å²) in [6.07, 6.45) is 4.84. The van der Waals surface area contributed by atoms with Gasteiger partial charge < -0.3 is 4.52 Å². The first kappa shape index (κ1) is 15.5. The molecule has 0 bridgehead atoms. The lowest BCUT2D eigenvalue weighted by Gasteiger charge is -2.22. The molecule has 0 amide bonds. The van der Waals surface area contributed by atoms with Gasteiger partial charge in [0, 0.05) is 17.0 Å². The molecule has 1 atom stereocenters. The van der Waals surface area contributed by atoms with Crippen LogP contribution < -0.4 is 0 Å². The number of likely N-dealkylation sites (tertiary alicyclic amines) is 1. The molecule has 4 rings (SSSR count). The van der Waals surface area contributed by atoms with Gasteiger partial charge in [0.05, 0.1) is 6.54 Å². The van der Waals surface area contributed by atoms with Crippen molar-refractivity contribution in [2.24, 2.45) is 0 Å². The second-order valence-electron chi connectivity index (χ2n) is 6.31. The monoisotopic (exact) mass is 339 g/mol. The van der Waals surface area contributed by atoms with E-state index in [0.717, 1.165) is 31.0 Å². The summed E-state index contributed by atoms with van der Waals surface area (Å²) in [5, 5.41) is 8.20. The maximum absolute atomic E-state index is 5.46. The Hall–Kier alpha value is -1.98. The Morgan fingerprint density at radius 2 is 2.12 bits per heavy atom. The van der Waals surface area contributed by atoms with E-state index < -0.39 is 0 Å². The fraction of sp³-hybridized carbons (Fsp3) is 0.368. The number of hydrogen-bond donors (Lipinski definition) is 0. The van der Waals surface area contributed by atoms with Crippen LogP contribution in [0.4, 0.5) is 0 Å². The molecule has 124 valence electrons. The van der Waals surface area contributed by atoms with Crippen molar-refractivity contribution in [1.82, 2.24) is 15.0 Å². The van der Waals surface area contributed by atoms with E-state index in [0.29, 0.717) is 11.9 Å². The van der Waals surface area contributed by atoms with Gasteiger partial charge in [0.1, 0.15) is 0 Å². The van der Waals surface area contributed by atoms with E-state index >= 15 is 0 Å². The standard InChI is InChI=1S/C19H21N3OS/c1-2-5-15(6-3-1)8-9-17-7-4-11-22(17)13-18-20-19(21-23-18)16-10-12-24-14-16/h1-3,5-6,10,12,14,17H,4,7-9,11,13H2/t17-/m0/s1. The molecule has 1 aliphatic heterocycles. The van der Waals surface area contributed by atoms with Crippen LogP contribution in [-0.2, 0) is 13.0 Å². The number of thiophene rings is 1. The van der Waals surface area contributed by atoms with Crippen LogP contribution in [0.25, 0.3) is 11.4 Å². The highest BCUT2D eigenvalue weighted by molar-refractivity contribution is 7.08. The average Bonchev–Trinajstić information content (AvgIpc) is 3.36. The summed E-state index contributed by atoms with van der Waals surface area (Å²) in [7, 11) is 0. The summed E-state index contributed by atoms with van der Waals surface area (Å²) in [5.41, 5.74) is 2.46. The van der Waals surface area contributed by atoms with E-state index in [4.69, 9.17) is 4.52 Å². The number of benzene rings is 1. The van der Waals surface area contributed by atoms with Gasteiger partial charge in [-0.2, -0.15) is 16.3 Å². The number of hydrogen-bond acceptors (Lipinski definition) is 5. The molecule has 3 aromatic rings. The van der Waals surface area contributed by atoms with E-state index in [-0.39, 0.29) is 0 Å². The average molecular weight is 339 g/mol. The third-order valence-electron chi connectivity index (χ3n) is 4.69. The number of nitrogens with zero attached hydrogens (tertiary/aromatic N) is 3. The summed E-state index contributed by atoms with van der Waals surface area (Å²) < 4.78 is 5.46. The zero-order chi connectivity index (χ0) is 16.2. The molecule has 2 aromatic heterocycles. The minimum atomic E-state index is 0.613. The van der Waals surface area contributed by atoms with Crippen molar-refractivity contribution in [3.8, 4) is 11.4 Å². The Bertz CT molecular complexity index is 754. The highest BCUT2D eigenvalue weighted by Crippen LogP contribution is 2.25. The SMILES string of the molecule is c1ccc(CC[C@@H]2CCCN2Cc2nc(-c3ccsc3)no2)cc1. The molecule has 5 heteroatoms. The van der Waals surface area contributed by atoms with Gasteiger partial charge in [0.2, 0.25) is 11.7 Å². The van der Waals surface area contributed by atoms with Crippen molar-refractivity contribution in [3.63, 3.8) is 0 Å². The Morgan fingerprint density at radius 3 is 2.96 bits per heavy atom.